The van der Waals surface area contributed by atoms with Crippen molar-refractivity contribution < 1.29 is 28.2 Å². The number of alkyl halides is 2. The van der Waals surface area contributed by atoms with Crippen molar-refractivity contribution in [2.75, 3.05) is 20.3 Å². The highest BCUT2D eigenvalue weighted by Crippen LogP contribution is 2.24. The van der Waals surface area contributed by atoms with Gasteiger partial charge in [0.15, 0.2) is 0 Å². The van der Waals surface area contributed by atoms with Gasteiger partial charge in [-0.2, -0.15) is 8.78 Å². The van der Waals surface area contributed by atoms with E-state index < -0.39 is 18.1 Å². The fraction of sp³-hybridized carbons (Fsp3) is 0.462. The number of ether oxygens (including phenoxy) is 2. The molecule has 0 saturated carbocycles. The molecule has 2 N–H and O–H groups in total. The summed E-state index contributed by atoms with van der Waals surface area (Å²) in [5.41, 5.74) is -0.898. The molecule has 0 spiro atoms. The highest BCUT2D eigenvalue weighted by atomic mass is 19.3. The first kappa shape index (κ1) is 16.3. The fourth-order valence-corrected chi connectivity index (χ4v) is 1.67. The highest BCUT2D eigenvalue weighted by molar-refractivity contribution is 5.80. The summed E-state index contributed by atoms with van der Waals surface area (Å²) in [6, 6.07) is 5.48. The molecular weight excluding hydrogens is 272 g/mol. The van der Waals surface area contributed by atoms with Gasteiger partial charge in [0.2, 0.25) is 0 Å². The number of carboxylic acid groups (broad SMARTS) is 1. The van der Waals surface area contributed by atoms with Crippen LogP contribution in [-0.2, 0) is 15.1 Å². The Morgan fingerprint density at radius 2 is 2.00 bits per heavy atom. The van der Waals surface area contributed by atoms with E-state index in [-0.39, 0.29) is 5.75 Å². The molecule has 1 rings (SSSR count). The van der Waals surface area contributed by atoms with Gasteiger partial charge in [-0.1, -0.05) is 12.1 Å². The third kappa shape index (κ3) is 4.14. The molecule has 0 amide bonds. The molecule has 20 heavy (non-hydrogen) atoms. The minimum Gasteiger partial charge on any atom is -0.480 e. The summed E-state index contributed by atoms with van der Waals surface area (Å²) in [6.07, 6.45) is 0. The van der Waals surface area contributed by atoms with Crippen molar-refractivity contribution in [3.05, 3.63) is 29.8 Å². The van der Waals surface area contributed by atoms with Gasteiger partial charge in [-0.15, -0.1) is 0 Å². The predicted octanol–water partition coefficient (Wildman–Crippen LogP) is 1.82. The normalized spacial score (nSPS) is 14.1. The molecule has 0 aliphatic carbocycles. The zero-order valence-electron chi connectivity index (χ0n) is 11.2. The van der Waals surface area contributed by atoms with Gasteiger partial charge >= 0.3 is 12.6 Å². The largest absolute Gasteiger partial charge is 0.480 e. The molecule has 7 heteroatoms. The molecule has 0 heterocycles. The van der Waals surface area contributed by atoms with Crippen LogP contribution >= 0.6 is 0 Å². The van der Waals surface area contributed by atoms with Crippen molar-refractivity contribution in [2.24, 2.45) is 0 Å². The Labute approximate surface area is 115 Å². The Morgan fingerprint density at radius 3 is 2.45 bits per heavy atom. The van der Waals surface area contributed by atoms with Crippen LogP contribution in [0.2, 0.25) is 0 Å². The van der Waals surface area contributed by atoms with E-state index in [1.807, 2.05) is 0 Å². The number of halogens is 2. The SMILES string of the molecule is COCCNC(C)(C(=O)O)c1ccc(OC(F)F)cc1. The van der Waals surface area contributed by atoms with Crippen LogP contribution in [0, 0.1) is 0 Å². The number of benzene rings is 1. The molecule has 1 atom stereocenters. The molecule has 0 saturated heterocycles. The van der Waals surface area contributed by atoms with Gasteiger partial charge in [-0.05, 0) is 24.6 Å². The third-order valence-electron chi connectivity index (χ3n) is 2.87. The minimum atomic E-state index is -2.91. The third-order valence-corrected chi connectivity index (χ3v) is 2.87. The molecule has 1 aromatic carbocycles. The molecule has 0 bridgehead atoms. The van der Waals surface area contributed by atoms with Gasteiger partial charge in [-0.25, -0.2) is 4.79 Å². The van der Waals surface area contributed by atoms with E-state index in [4.69, 9.17) is 4.74 Å². The van der Waals surface area contributed by atoms with Crippen LogP contribution in [0.15, 0.2) is 24.3 Å². The number of hydrogen-bond donors (Lipinski definition) is 2. The van der Waals surface area contributed by atoms with E-state index in [2.05, 4.69) is 10.1 Å². The molecule has 0 radical (unpaired) electrons. The standard InChI is InChI=1S/C13H17F2NO4/c1-13(11(17)18,16-7-8-19-2)9-3-5-10(6-4-9)20-12(14)15/h3-6,12,16H,7-8H2,1-2H3,(H,17,18). The monoisotopic (exact) mass is 289 g/mol. The van der Waals surface area contributed by atoms with Crippen molar-refractivity contribution in [1.82, 2.24) is 5.32 Å². The molecular formula is C13H17F2NO4. The Hall–Kier alpha value is -1.73. The maximum absolute atomic E-state index is 12.0. The van der Waals surface area contributed by atoms with Gasteiger partial charge in [-0.3, -0.25) is 5.32 Å². The van der Waals surface area contributed by atoms with Gasteiger partial charge in [0.1, 0.15) is 11.3 Å². The zero-order chi connectivity index (χ0) is 15.2. The van der Waals surface area contributed by atoms with Crippen LogP contribution < -0.4 is 10.1 Å². The minimum absolute atomic E-state index is 0.0200. The zero-order valence-corrected chi connectivity index (χ0v) is 11.2. The number of carbonyl (C=O) groups is 1. The fourth-order valence-electron chi connectivity index (χ4n) is 1.67. The summed E-state index contributed by atoms with van der Waals surface area (Å²) in [7, 11) is 1.51. The first-order valence-corrected chi connectivity index (χ1v) is 5.93. The van der Waals surface area contributed by atoms with Gasteiger partial charge in [0, 0.05) is 13.7 Å². The van der Waals surface area contributed by atoms with Crippen LogP contribution in [0.25, 0.3) is 0 Å². The lowest BCUT2D eigenvalue weighted by Crippen LogP contribution is -2.47. The second-order valence-electron chi connectivity index (χ2n) is 4.25. The number of nitrogens with one attached hydrogen (secondary N) is 1. The Balaban J connectivity index is 2.88. The summed E-state index contributed by atoms with van der Waals surface area (Å²) in [4.78, 5) is 11.4. The lowest BCUT2D eigenvalue weighted by Gasteiger charge is -2.27. The van der Waals surface area contributed by atoms with E-state index in [0.29, 0.717) is 18.7 Å². The van der Waals surface area contributed by atoms with Crippen LogP contribution in [0.3, 0.4) is 0 Å². The number of carboxylic acids is 1. The Bertz CT molecular complexity index is 439. The average molecular weight is 289 g/mol. The molecule has 0 aliphatic rings. The molecule has 0 fully saturated rings. The number of hydrogen-bond acceptors (Lipinski definition) is 4. The molecule has 1 unspecified atom stereocenters. The van der Waals surface area contributed by atoms with Crippen LogP contribution in [0.1, 0.15) is 12.5 Å². The van der Waals surface area contributed by atoms with Crippen molar-refractivity contribution in [3.8, 4) is 5.75 Å². The van der Waals surface area contributed by atoms with Crippen molar-refractivity contribution in [3.63, 3.8) is 0 Å². The lowest BCUT2D eigenvalue weighted by atomic mass is 9.92. The molecule has 112 valence electrons. The van der Waals surface area contributed by atoms with Crippen LogP contribution in [0.4, 0.5) is 8.78 Å². The van der Waals surface area contributed by atoms with Crippen molar-refractivity contribution in [1.29, 1.82) is 0 Å². The van der Waals surface area contributed by atoms with E-state index in [1.54, 1.807) is 0 Å². The average Bonchev–Trinajstić information content (AvgIpc) is 2.38. The molecule has 5 nitrogen and oxygen atoms in total. The first-order chi connectivity index (χ1) is 9.40. The second-order valence-corrected chi connectivity index (χ2v) is 4.25. The van der Waals surface area contributed by atoms with Crippen molar-refractivity contribution in [2.45, 2.75) is 19.1 Å². The summed E-state index contributed by atoms with van der Waals surface area (Å²) in [5.74, 6) is -1.09. The van der Waals surface area contributed by atoms with Crippen LogP contribution in [0.5, 0.6) is 5.75 Å². The highest BCUT2D eigenvalue weighted by Gasteiger charge is 2.34. The summed E-state index contributed by atoms with van der Waals surface area (Å²) < 4.78 is 33.2. The second kappa shape index (κ2) is 7.16. The van der Waals surface area contributed by atoms with Gasteiger partial charge in [0.25, 0.3) is 0 Å². The lowest BCUT2D eigenvalue weighted by molar-refractivity contribution is -0.144. The Kier molecular flexibility index (Phi) is 5.84. The summed E-state index contributed by atoms with van der Waals surface area (Å²) >= 11 is 0. The smallest absolute Gasteiger partial charge is 0.387 e. The summed E-state index contributed by atoms with van der Waals surface area (Å²) in [5, 5.41) is 12.2. The number of methoxy groups -OCH3 is 1. The quantitative estimate of drug-likeness (QED) is 0.715. The summed E-state index contributed by atoms with van der Waals surface area (Å²) in [6.45, 7) is -0.718. The van der Waals surface area contributed by atoms with E-state index >= 15 is 0 Å². The van der Waals surface area contributed by atoms with Crippen molar-refractivity contribution >= 4 is 5.97 Å². The Morgan fingerprint density at radius 1 is 1.40 bits per heavy atom. The number of rotatable bonds is 8. The number of aliphatic carboxylic acids is 1. The first-order valence-electron chi connectivity index (χ1n) is 5.93. The van der Waals surface area contributed by atoms with Gasteiger partial charge in [0.05, 0.1) is 6.61 Å². The predicted molar refractivity (Wildman–Crippen MR) is 67.9 cm³/mol. The maximum atomic E-state index is 12.0. The topological polar surface area (TPSA) is 67.8 Å². The van der Waals surface area contributed by atoms with Gasteiger partial charge < -0.3 is 14.6 Å². The van der Waals surface area contributed by atoms with Crippen LogP contribution in [-0.4, -0.2) is 37.9 Å². The maximum Gasteiger partial charge on any atom is 0.387 e. The van der Waals surface area contributed by atoms with E-state index in [9.17, 15) is 18.7 Å². The molecule has 0 aliphatic heterocycles. The van der Waals surface area contributed by atoms with E-state index in [1.165, 1.54) is 38.3 Å². The molecule has 0 aromatic heterocycles. The molecule has 1 aromatic rings. The van der Waals surface area contributed by atoms with E-state index in [0.717, 1.165) is 0 Å².